The number of hydrogen-bond donors (Lipinski definition) is 1. The molecule has 1 nitrogen and oxygen atoms in total. The van der Waals surface area contributed by atoms with Crippen LogP contribution in [0.1, 0.15) is 32.6 Å². The van der Waals surface area contributed by atoms with Crippen molar-refractivity contribution >= 4 is 22.6 Å². The van der Waals surface area contributed by atoms with Crippen LogP contribution < -0.4 is 5.32 Å². The molecule has 62 valence electrons. The molecule has 0 bridgehead atoms. The maximum absolute atomic E-state index is 3.42. The van der Waals surface area contributed by atoms with Crippen molar-refractivity contribution in [2.24, 2.45) is 0 Å². The Morgan fingerprint density at radius 1 is 1.10 bits per heavy atom. The maximum atomic E-state index is 3.42. The number of rotatable bonds is 7. The molecule has 0 aromatic carbocycles. The fourth-order valence-corrected chi connectivity index (χ4v) is 1.20. The van der Waals surface area contributed by atoms with Crippen LogP contribution in [0.25, 0.3) is 0 Å². The first-order valence-corrected chi connectivity index (χ1v) is 5.71. The summed E-state index contributed by atoms with van der Waals surface area (Å²) in [6.07, 6.45) is 5.36. The summed E-state index contributed by atoms with van der Waals surface area (Å²) in [5, 5.41) is 3.42. The lowest BCUT2D eigenvalue weighted by Crippen LogP contribution is -2.16. The van der Waals surface area contributed by atoms with Crippen LogP contribution in [0.4, 0.5) is 0 Å². The second-order valence-electron chi connectivity index (χ2n) is 2.50. The fraction of sp³-hybridized carbons (Fsp3) is 1.00. The minimum atomic E-state index is 1.20. The molecule has 0 fully saturated rings. The molecule has 10 heavy (non-hydrogen) atoms. The minimum Gasteiger partial charge on any atom is -0.317 e. The van der Waals surface area contributed by atoms with Gasteiger partial charge in [0.15, 0.2) is 0 Å². The van der Waals surface area contributed by atoms with Crippen LogP contribution in [-0.4, -0.2) is 17.5 Å². The fourth-order valence-electron chi connectivity index (χ4n) is 0.817. The van der Waals surface area contributed by atoms with Crippen LogP contribution >= 0.6 is 22.6 Å². The van der Waals surface area contributed by atoms with Gasteiger partial charge in [0.1, 0.15) is 0 Å². The third kappa shape index (κ3) is 8.69. The lowest BCUT2D eigenvalue weighted by Gasteiger charge is -2.00. The first-order chi connectivity index (χ1) is 4.91. The summed E-state index contributed by atoms with van der Waals surface area (Å²) in [6.45, 7) is 4.65. The van der Waals surface area contributed by atoms with Crippen molar-refractivity contribution in [1.29, 1.82) is 0 Å². The van der Waals surface area contributed by atoms with E-state index in [1.807, 2.05) is 0 Å². The maximum Gasteiger partial charge on any atom is 0.000735 e. The van der Waals surface area contributed by atoms with Gasteiger partial charge in [-0.1, -0.05) is 42.4 Å². The van der Waals surface area contributed by atoms with Crippen molar-refractivity contribution in [3.63, 3.8) is 0 Å². The average molecular weight is 255 g/mol. The van der Waals surface area contributed by atoms with E-state index >= 15 is 0 Å². The molecule has 0 heterocycles. The van der Waals surface area contributed by atoms with Crippen molar-refractivity contribution in [2.45, 2.75) is 32.6 Å². The first-order valence-electron chi connectivity index (χ1n) is 4.18. The van der Waals surface area contributed by atoms with Gasteiger partial charge in [-0.05, 0) is 25.9 Å². The summed E-state index contributed by atoms with van der Waals surface area (Å²) >= 11 is 2.42. The predicted molar refractivity (Wildman–Crippen MR) is 55.9 cm³/mol. The summed E-state index contributed by atoms with van der Waals surface area (Å²) in [4.78, 5) is 0. The van der Waals surface area contributed by atoms with Gasteiger partial charge in [0, 0.05) is 4.43 Å². The molecule has 0 amide bonds. The van der Waals surface area contributed by atoms with E-state index < -0.39 is 0 Å². The molecular formula is C8H18IN. The molecule has 2 heteroatoms. The largest absolute Gasteiger partial charge is 0.317 e. The van der Waals surface area contributed by atoms with Gasteiger partial charge in [-0.2, -0.15) is 0 Å². The van der Waals surface area contributed by atoms with Crippen LogP contribution in [0.5, 0.6) is 0 Å². The molecule has 1 N–H and O–H groups in total. The van der Waals surface area contributed by atoms with E-state index in [0.29, 0.717) is 0 Å². The van der Waals surface area contributed by atoms with Gasteiger partial charge in [0.2, 0.25) is 0 Å². The second kappa shape index (κ2) is 9.69. The van der Waals surface area contributed by atoms with Crippen LogP contribution in [0.2, 0.25) is 0 Å². The molecule has 0 spiro atoms. The Morgan fingerprint density at radius 2 is 1.80 bits per heavy atom. The third-order valence-corrected chi connectivity index (χ3v) is 2.21. The highest BCUT2D eigenvalue weighted by atomic mass is 127. The molecule has 0 aliphatic rings. The Kier molecular flexibility index (Phi) is 10.4. The molecule has 0 atom stereocenters. The van der Waals surface area contributed by atoms with Gasteiger partial charge in [-0.25, -0.2) is 0 Å². The Labute approximate surface area is 78.1 Å². The molecule has 0 saturated heterocycles. The highest BCUT2D eigenvalue weighted by molar-refractivity contribution is 14.1. The van der Waals surface area contributed by atoms with Gasteiger partial charge >= 0.3 is 0 Å². The van der Waals surface area contributed by atoms with Crippen LogP contribution in [-0.2, 0) is 0 Å². The molecule has 0 aliphatic carbocycles. The van der Waals surface area contributed by atoms with Crippen LogP contribution in [0.15, 0.2) is 0 Å². The van der Waals surface area contributed by atoms with Crippen LogP contribution in [0, 0.1) is 0 Å². The van der Waals surface area contributed by atoms with Crippen molar-refractivity contribution < 1.29 is 0 Å². The second-order valence-corrected chi connectivity index (χ2v) is 3.58. The van der Waals surface area contributed by atoms with Gasteiger partial charge in [0.05, 0.1) is 0 Å². The Bertz CT molecular complexity index is 49.2. The zero-order valence-corrected chi connectivity index (χ0v) is 8.99. The van der Waals surface area contributed by atoms with Gasteiger partial charge in [-0.3, -0.25) is 0 Å². The van der Waals surface area contributed by atoms with Gasteiger partial charge < -0.3 is 5.32 Å². The summed E-state index contributed by atoms with van der Waals surface area (Å²) in [7, 11) is 0. The predicted octanol–water partition coefficient (Wildman–Crippen LogP) is 2.59. The number of hydrogen-bond acceptors (Lipinski definition) is 1. The average Bonchev–Trinajstić information content (AvgIpc) is 1.97. The summed E-state index contributed by atoms with van der Waals surface area (Å²) < 4.78 is 1.28. The number of alkyl halides is 1. The van der Waals surface area contributed by atoms with E-state index in [2.05, 4.69) is 34.8 Å². The number of nitrogens with one attached hydrogen (secondary N) is 1. The van der Waals surface area contributed by atoms with E-state index in [-0.39, 0.29) is 0 Å². The summed E-state index contributed by atoms with van der Waals surface area (Å²) in [5.74, 6) is 0. The number of halogens is 1. The highest BCUT2D eigenvalue weighted by Gasteiger charge is 1.85. The zero-order valence-electron chi connectivity index (χ0n) is 6.83. The third-order valence-electron chi connectivity index (χ3n) is 1.44. The van der Waals surface area contributed by atoms with Gasteiger partial charge in [-0.15, -0.1) is 0 Å². The quantitative estimate of drug-likeness (QED) is 0.419. The molecule has 0 rings (SSSR count). The van der Waals surface area contributed by atoms with Gasteiger partial charge in [0.25, 0.3) is 0 Å². The highest BCUT2D eigenvalue weighted by Crippen LogP contribution is 1.91. The van der Waals surface area contributed by atoms with Crippen molar-refractivity contribution in [2.75, 3.05) is 17.5 Å². The van der Waals surface area contributed by atoms with Crippen molar-refractivity contribution in [1.82, 2.24) is 5.32 Å². The molecule has 0 aromatic heterocycles. The smallest absolute Gasteiger partial charge is 0.000735 e. The summed E-state index contributed by atoms with van der Waals surface area (Å²) in [6, 6.07) is 0. The molecule has 0 saturated carbocycles. The van der Waals surface area contributed by atoms with E-state index in [9.17, 15) is 0 Å². The van der Waals surface area contributed by atoms with Crippen molar-refractivity contribution in [3.8, 4) is 0 Å². The molecule has 0 radical (unpaired) electrons. The van der Waals surface area contributed by atoms with Crippen molar-refractivity contribution in [3.05, 3.63) is 0 Å². The van der Waals surface area contributed by atoms with E-state index in [1.165, 1.54) is 43.2 Å². The lowest BCUT2D eigenvalue weighted by atomic mass is 10.2. The molecule has 0 aliphatic heterocycles. The number of unbranched alkanes of at least 4 members (excludes halogenated alkanes) is 2. The monoisotopic (exact) mass is 255 g/mol. The Hall–Kier alpha value is 0.690. The summed E-state index contributed by atoms with van der Waals surface area (Å²) in [5.41, 5.74) is 0. The molecule has 0 aromatic rings. The standard InChI is InChI=1S/C8H18IN/c1-2-3-4-7-10-8-5-6-9/h10H,2-8H2,1H3. The Morgan fingerprint density at radius 3 is 2.40 bits per heavy atom. The molecule has 0 unspecified atom stereocenters. The van der Waals surface area contributed by atoms with Crippen LogP contribution in [0.3, 0.4) is 0 Å². The lowest BCUT2D eigenvalue weighted by molar-refractivity contribution is 0.614. The van der Waals surface area contributed by atoms with E-state index in [4.69, 9.17) is 0 Å². The first kappa shape index (κ1) is 10.7. The van der Waals surface area contributed by atoms with E-state index in [0.717, 1.165) is 0 Å². The SMILES string of the molecule is CCCCCNCCCI. The zero-order chi connectivity index (χ0) is 7.66. The normalized spacial score (nSPS) is 10.2. The topological polar surface area (TPSA) is 12.0 Å². The van der Waals surface area contributed by atoms with E-state index in [1.54, 1.807) is 0 Å². The Balaban J connectivity index is 2.65. The minimum absolute atomic E-state index is 1.20. The molecular weight excluding hydrogens is 237 g/mol.